The van der Waals surface area contributed by atoms with E-state index in [1.54, 1.807) is 23.0 Å². The number of aromatic hydroxyl groups is 1. The Morgan fingerprint density at radius 1 is 1.10 bits per heavy atom. The minimum atomic E-state index is 0.163. The first kappa shape index (κ1) is 19.4. The zero-order valence-corrected chi connectivity index (χ0v) is 17.5. The Labute approximate surface area is 180 Å². The molecule has 5 rings (SSSR count). The number of aromatic nitrogens is 3. The van der Waals surface area contributed by atoms with Crippen LogP contribution in [0.1, 0.15) is 25.3 Å². The third-order valence-corrected chi connectivity index (χ3v) is 5.76. The molecule has 0 unspecified atom stereocenters. The first-order valence-electron chi connectivity index (χ1n) is 10.6. The van der Waals surface area contributed by atoms with Crippen molar-refractivity contribution in [2.24, 2.45) is 10.2 Å². The lowest BCUT2D eigenvalue weighted by atomic mass is 10.0. The van der Waals surface area contributed by atoms with Gasteiger partial charge in [-0.05, 0) is 36.8 Å². The van der Waals surface area contributed by atoms with E-state index in [4.69, 9.17) is 0 Å². The molecule has 8 heteroatoms. The Bertz CT molecular complexity index is 1200. The summed E-state index contributed by atoms with van der Waals surface area (Å²) in [6.07, 6.45) is 7.28. The number of amidine groups is 1. The van der Waals surface area contributed by atoms with Crippen LogP contribution < -0.4 is 5.32 Å². The summed E-state index contributed by atoms with van der Waals surface area (Å²) in [5.74, 6) is 1.16. The van der Waals surface area contributed by atoms with Crippen molar-refractivity contribution in [1.82, 2.24) is 24.8 Å². The smallest absolute Gasteiger partial charge is 0.153 e. The highest BCUT2D eigenvalue weighted by Crippen LogP contribution is 2.28. The molecule has 2 N–H and O–H groups in total. The van der Waals surface area contributed by atoms with E-state index >= 15 is 0 Å². The van der Waals surface area contributed by atoms with Crippen molar-refractivity contribution in [2.75, 3.05) is 26.2 Å². The monoisotopic (exact) mass is 415 g/mol. The second-order valence-corrected chi connectivity index (χ2v) is 7.75. The van der Waals surface area contributed by atoms with Crippen molar-refractivity contribution in [1.29, 1.82) is 0 Å². The predicted octanol–water partition coefficient (Wildman–Crippen LogP) is 2.85. The van der Waals surface area contributed by atoms with Gasteiger partial charge in [0.25, 0.3) is 0 Å². The molecule has 0 saturated carbocycles. The third-order valence-electron chi connectivity index (χ3n) is 5.76. The highest BCUT2D eigenvalue weighted by atomic mass is 16.3. The fourth-order valence-electron chi connectivity index (χ4n) is 3.96. The van der Waals surface area contributed by atoms with Gasteiger partial charge in [-0.3, -0.25) is 0 Å². The van der Waals surface area contributed by atoms with Gasteiger partial charge in [0.05, 0.1) is 11.4 Å². The molecule has 2 aromatic heterocycles. The van der Waals surface area contributed by atoms with Crippen LogP contribution >= 0.6 is 0 Å². The van der Waals surface area contributed by atoms with Gasteiger partial charge in [-0.15, -0.1) is 10.2 Å². The number of phenolic OH excluding ortho intramolecular Hbond substituents is 1. The van der Waals surface area contributed by atoms with Crippen LogP contribution in [0.4, 0.5) is 0 Å². The number of hydrogen-bond acceptors (Lipinski definition) is 7. The fraction of sp³-hybridized carbons (Fsp3) is 0.304. The maximum atomic E-state index is 10.8. The highest BCUT2D eigenvalue weighted by molar-refractivity contribution is 6.12. The van der Waals surface area contributed by atoms with Gasteiger partial charge < -0.3 is 15.3 Å². The van der Waals surface area contributed by atoms with Gasteiger partial charge in [0.15, 0.2) is 5.65 Å². The maximum absolute atomic E-state index is 10.8. The molecule has 1 saturated heterocycles. The van der Waals surface area contributed by atoms with Crippen molar-refractivity contribution in [2.45, 2.75) is 19.8 Å². The quantitative estimate of drug-likeness (QED) is 0.687. The first-order valence-corrected chi connectivity index (χ1v) is 10.6. The first-order chi connectivity index (χ1) is 15.2. The Hall–Kier alpha value is -3.52. The SMILES string of the molecule is CCC1=CC(c2ccc(-c3ccc4nccn4n3)cc2O)=NN=C(N2CCNCC2)C1. The summed E-state index contributed by atoms with van der Waals surface area (Å²) >= 11 is 0. The lowest BCUT2D eigenvalue weighted by Crippen LogP contribution is -2.46. The molecule has 4 heterocycles. The number of piperazine rings is 1. The number of fused-ring (bicyclic) bond motifs is 1. The van der Waals surface area contributed by atoms with Gasteiger partial charge in [0, 0.05) is 56.1 Å². The number of phenols is 1. The second kappa shape index (κ2) is 8.31. The second-order valence-electron chi connectivity index (χ2n) is 7.75. The van der Waals surface area contributed by atoms with Crippen LogP contribution in [0.25, 0.3) is 16.9 Å². The number of hydrogen-bond donors (Lipinski definition) is 2. The summed E-state index contributed by atoms with van der Waals surface area (Å²) in [5.41, 5.74) is 4.99. The average molecular weight is 416 g/mol. The zero-order valence-electron chi connectivity index (χ0n) is 17.5. The van der Waals surface area contributed by atoms with Gasteiger partial charge in [-0.25, -0.2) is 9.50 Å². The summed E-state index contributed by atoms with van der Waals surface area (Å²) in [6, 6.07) is 9.38. The van der Waals surface area contributed by atoms with Crippen LogP contribution in [0, 0.1) is 0 Å². The molecule has 0 atom stereocenters. The molecule has 3 aromatic rings. The summed E-state index contributed by atoms with van der Waals surface area (Å²) < 4.78 is 1.72. The number of allylic oxidation sites excluding steroid dienone is 1. The van der Waals surface area contributed by atoms with Gasteiger partial charge in [0.1, 0.15) is 11.6 Å². The molecule has 0 bridgehead atoms. The third kappa shape index (κ3) is 3.94. The summed E-state index contributed by atoms with van der Waals surface area (Å²) in [7, 11) is 0. The molecule has 0 aliphatic carbocycles. The summed E-state index contributed by atoms with van der Waals surface area (Å²) in [4.78, 5) is 6.52. The van der Waals surface area contributed by atoms with Crippen LogP contribution in [0.15, 0.2) is 64.6 Å². The molecule has 31 heavy (non-hydrogen) atoms. The topological polar surface area (TPSA) is 90.4 Å². The average Bonchev–Trinajstić information content (AvgIpc) is 3.17. The van der Waals surface area contributed by atoms with E-state index in [-0.39, 0.29) is 5.75 Å². The molecule has 2 aliphatic rings. The highest BCUT2D eigenvalue weighted by Gasteiger charge is 2.19. The molecule has 0 spiro atoms. The number of rotatable bonds is 3. The van der Waals surface area contributed by atoms with Crippen molar-refractivity contribution in [3.63, 3.8) is 0 Å². The van der Waals surface area contributed by atoms with Crippen molar-refractivity contribution in [3.8, 4) is 17.0 Å². The van der Waals surface area contributed by atoms with Crippen molar-refractivity contribution in [3.05, 3.63) is 59.9 Å². The number of benzene rings is 1. The van der Waals surface area contributed by atoms with Gasteiger partial charge in [-0.1, -0.05) is 18.6 Å². The number of imidazole rings is 1. The maximum Gasteiger partial charge on any atom is 0.153 e. The van der Waals surface area contributed by atoms with Crippen LogP contribution in [0.5, 0.6) is 5.75 Å². The van der Waals surface area contributed by atoms with Crippen LogP contribution in [0.3, 0.4) is 0 Å². The Morgan fingerprint density at radius 3 is 2.77 bits per heavy atom. The van der Waals surface area contributed by atoms with Crippen LogP contribution in [-0.2, 0) is 0 Å². The fourth-order valence-corrected chi connectivity index (χ4v) is 3.96. The molecule has 0 amide bonds. The van der Waals surface area contributed by atoms with Crippen molar-refractivity contribution < 1.29 is 5.11 Å². The Kier molecular flexibility index (Phi) is 5.21. The minimum Gasteiger partial charge on any atom is -0.507 e. The van der Waals surface area contributed by atoms with Gasteiger partial charge in [-0.2, -0.15) is 5.10 Å². The molecule has 8 nitrogen and oxygen atoms in total. The van der Waals surface area contributed by atoms with Crippen LogP contribution in [-0.4, -0.2) is 62.3 Å². The van der Waals surface area contributed by atoms with E-state index in [1.165, 1.54) is 5.57 Å². The van der Waals surface area contributed by atoms with E-state index in [2.05, 4.69) is 43.5 Å². The standard InChI is InChI=1S/C23H25N7O/c1-2-16-13-20(26-27-23(14-16)29-10-7-24-8-11-29)18-4-3-17(15-21(18)31)19-5-6-22-25-9-12-30(22)28-19/h3-6,9,12-13,15,24,31H,2,7-8,10-11,14H2,1H3. The van der Waals surface area contributed by atoms with E-state index in [1.807, 2.05) is 24.3 Å². The lowest BCUT2D eigenvalue weighted by Gasteiger charge is -2.29. The molecule has 2 aliphatic heterocycles. The normalized spacial score (nSPS) is 17.2. The molecule has 0 radical (unpaired) electrons. The number of nitrogens with zero attached hydrogens (tertiary/aromatic N) is 6. The summed E-state index contributed by atoms with van der Waals surface area (Å²) in [6.45, 7) is 5.94. The predicted molar refractivity (Wildman–Crippen MR) is 121 cm³/mol. The molecular weight excluding hydrogens is 390 g/mol. The molecular formula is C23H25N7O. The van der Waals surface area contributed by atoms with E-state index in [9.17, 15) is 5.11 Å². The van der Waals surface area contributed by atoms with Crippen molar-refractivity contribution >= 4 is 17.2 Å². The van der Waals surface area contributed by atoms with Gasteiger partial charge >= 0.3 is 0 Å². The minimum absolute atomic E-state index is 0.163. The molecule has 1 fully saturated rings. The Balaban J connectivity index is 1.48. The molecule has 1 aromatic carbocycles. The summed E-state index contributed by atoms with van der Waals surface area (Å²) in [5, 5.41) is 27.8. The zero-order chi connectivity index (χ0) is 21.2. The Morgan fingerprint density at radius 2 is 1.97 bits per heavy atom. The van der Waals surface area contributed by atoms with Crippen LogP contribution in [0.2, 0.25) is 0 Å². The molecule has 158 valence electrons. The van der Waals surface area contributed by atoms with E-state index in [0.717, 1.165) is 61.8 Å². The lowest BCUT2D eigenvalue weighted by molar-refractivity contribution is 0.352. The van der Waals surface area contributed by atoms with Gasteiger partial charge in [0.2, 0.25) is 0 Å². The number of nitrogens with one attached hydrogen (secondary N) is 1. The van der Waals surface area contributed by atoms with E-state index in [0.29, 0.717) is 11.3 Å². The largest absolute Gasteiger partial charge is 0.507 e. The van der Waals surface area contributed by atoms with E-state index < -0.39 is 0 Å².